The molecule has 0 aromatic heterocycles. The molecule has 0 radical (unpaired) electrons. The van der Waals surface area contributed by atoms with Crippen molar-refractivity contribution < 1.29 is 9.50 Å². The Bertz CT molecular complexity index is 709. The van der Waals surface area contributed by atoms with Gasteiger partial charge < -0.3 is 10.4 Å². The molecule has 22 heavy (non-hydrogen) atoms. The summed E-state index contributed by atoms with van der Waals surface area (Å²) in [5, 5.41) is 13.6. The summed E-state index contributed by atoms with van der Waals surface area (Å²) in [7, 11) is 0. The molecule has 0 saturated carbocycles. The van der Waals surface area contributed by atoms with Gasteiger partial charge >= 0.3 is 0 Å². The highest BCUT2D eigenvalue weighted by Crippen LogP contribution is 2.27. The SMILES string of the molecule is C[C@H]1Nc2cc(C=Cc3c(F)cccc3Cl)ccc2C[C@@H]1O. The zero-order chi connectivity index (χ0) is 15.7. The first-order chi connectivity index (χ1) is 10.5. The quantitative estimate of drug-likeness (QED) is 0.806. The van der Waals surface area contributed by atoms with Crippen molar-refractivity contribution in [1.29, 1.82) is 0 Å². The van der Waals surface area contributed by atoms with Crippen LogP contribution in [0.3, 0.4) is 0 Å². The normalized spacial score (nSPS) is 20.7. The topological polar surface area (TPSA) is 32.3 Å². The van der Waals surface area contributed by atoms with Gasteiger partial charge in [0.1, 0.15) is 5.82 Å². The Morgan fingerprint density at radius 3 is 2.86 bits per heavy atom. The van der Waals surface area contributed by atoms with Gasteiger partial charge in [0, 0.05) is 23.7 Å². The van der Waals surface area contributed by atoms with E-state index in [-0.39, 0.29) is 18.0 Å². The Hall–Kier alpha value is -1.84. The molecule has 0 unspecified atom stereocenters. The van der Waals surface area contributed by atoms with Gasteiger partial charge in [0.2, 0.25) is 0 Å². The first kappa shape index (κ1) is 15.1. The highest BCUT2D eigenvalue weighted by Gasteiger charge is 2.22. The van der Waals surface area contributed by atoms with E-state index < -0.39 is 0 Å². The second kappa shape index (κ2) is 6.11. The number of halogens is 2. The molecule has 3 rings (SSSR count). The van der Waals surface area contributed by atoms with E-state index in [9.17, 15) is 9.50 Å². The van der Waals surface area contributed by atoms with Crippen molar-refractivity contribution in [3.8, 4) is 0 Å². The number of anilines is 1. The van der Waals surface area contributed by atoms with Gasteiger partial charge in [-0.2, -0.15) is 0 Å². The average Bonchev–Trinajstić information content (AvgIpc) is 2.48. The van der Waals surface area contributed by atoms with Crippen LogP contribution < -0.4 is 5.32 Å². The maximum Gasteiger partial charge on any atom is 0.131 e. The van der Waals surface area contributed by atoms with Gasteiger partial charge in [-0.05, 0) is 42.3 Å². The van der Waals surface area contributed by atoms with Gasteiger partial charge in [-0.15, -0.1) is 0 Å². The number of nitrogens with one attached hydrogen (secondary N) is 1. The number of hydrogen-bond donors (Lipinski definition) is 2. The first-order valence-electron chi connectivity index (χ1n) is 7.24. The Balaban J connectivity index is 1.88. The second-order valence-corrected chi connectivity index (χ2v) is 6.00. The third-order valence-corrected chi connectivity index (χ3v) is 4.30. The van der Waals surface area contributed by atoms with E-state index >= 15 is 0 Å². The third-order valence-electron chi connectivity index (χ3n) is 3.97. The number of benzene rings is 2. The second-order valence-electron chi connectivity index (χ2n) is 5.59. The molecule has 0 spiro atoms. The summed E-state index contributed by atoms with van der Waals surface area (Å²) in [6.45, 7) is 1.95. The Morgan fingerprint density at radius 2 is 2.09 bits per heavy atom. The van der Waals surface area contributed by atoms with Crippen LogP contribution in [-0.4, -0.2) is 17.3 Å². The molecule has 0 bridgehead atoms. The summed E-state index contributed by atoms with van der Waals surface area (Å²) in [6, 6.07) is 10.6. The van der Waals surface area contributed by atoms with Crippen molar-refractivity contribution >= 4 is 29.4 Å². The Kier molecular flexibility index (Phi) is 4.19. The molecule has 114 valence electrons. The fourth-order valence-electron chi connectivity index (χ4n) is 2.60. The number of aliphatic hydroxyl groups excluding tert-OH is 1. The lowest BCUT2D eigenvalue weighted by atomic mass is 9.95. The lowest BCUT2D eigenvalue weighted by molar-refractivity contribution is 0.154. The number of aliphatic hydroxyl groups is 1. The molecule has 2 aromatic rings. The highest BCUT2D eigenvalue weighted by atomic mass is 35.5. The molecule has 0 saturated heterocycles. The molecule has 0 amide bonds. The standard InChI is InChI=1S/C18H17ClFNO/c1-11-18(22)10-13-7-5-12(9-17(13)21-11)6-8-14-15(19)3-2-4-16(14)20/h2-9,11,18,21-22H,10H2,1H3/t11-,18+/m1/s1. The minimum absolute atomic E-state index is 0.0211. The van der Waals surface area contributed by atoms with Crippen molar-refractivity contribution in [2.45, 2.75) is 25.5 Å². The van der Waals surface area contributed by atoms with E-state index in [1.807, 2.05) is 31.2 Å². The molecule has 0 fully saturated rings. The molecule has 1 aliphatic rings. The van der Waals surface area contributed by atoms with Crippen LogP contribution >= 0.6 is 11.6 Å². The maximum atomic E-state index is 13.7. The van der Waals surface area contributed by atoms with E-state index in [1.54, 1.807) is 18.2 Å². The zero-order valence-electron chi connectivity index (χ0n) is 12.2. The molecule has 2 atom stereocenters. The van der Waals surface area contributed by atoms with Gasteiger partial charge in [-0.1, -0.05) is 35.9 Å². The summed E-state index contributed by atoms with van der Waals surface area (Å²) in [5.41, 5.74) is 3.44. The predicted octanol–water partition coefficient (Wildman–Crippen LogP) is 4.37. The summed E-state index contributed by atoms with van der Waals surface area (Å²) < 4.78 is 13.7. The van der Waals surface area contributed by atoms with Gasteiger partial charge in [-0.25, -0.2) is 4.39 Å². The van der Waals surface area contributed by atoms with Crippen LogP contribution in [0.25, 0.3) is 12.2 Å². The van der Waals surface area contributed by atoms with Crippen molar-refractivity contribution in [2.75, 3.05) is 5.32 Å². The molecule has 4 heteroatoms. The van der Waals surface area contributed by atoms with E-state index in [1.165, 1.54) is 6.07 Å². The lowest BCUT2D eigenvalue weighted by Crippen LogP contribution is -2.36. The van der Waals surface area contributed by atoms with E-state index in [2.05, 4.69) is 5.32 Å². The first-order valence-corrected chi connectivity index (χ1v) is 7.62. The van der Waals surface area contributed by atoms with Crippen LogP contribution in [0.4, 0.5) is 10.1 Å². The summed E-state index contributed by atoms with van der Waals surface area (Å²) >= 11 is 6.01. The molecule has 1 heterocycles. The molecular formula is C18H17ClFNO. The van der Waals surface area contributed by atoms with Gasteiger partial charge in [0.25, 0.3) is 0 Å². The minimum atomic E-state index is -0.369. The highest BCUT2D eigenvalue weighted by molar-refractivity contribution is 6.32. The third kappa shape index (κ3) is 3.01. The van der Waals surface area contributed by atoms with Crippen LogP contribution in [-0.2, 0) is 6.42 Å². The largest absolute Gasteiger partial charge is 0.391 e. The molecule has 0 aliphatic carbocycles. The molecule has 1 aliphatic heterocycles. The van der Waals surface area contributed by atoms with E-state index in [0.717, 1.165) is 16.8 Å². The molecule has 2 aromatic carbocycles. The molecular weight excluding hydrogens is 301 g/mol. The lowest BCUT2D eigenvalue weighted by Gasteiger charge is -2.29. The average molecular weight is 318 g/mol. The van der Waals surface area contributed by atoms with Crippen LogP contribution in [0.5, 0.6) is 0 Å². The maximum absolute atomic E-state index is 13.7. The van der Waals surface area contributed by atoms with E-state index in [4.69, 9.17) is 11.6 Å². The number of rotatable bonds is 2. The van der Waals surface area contributed by atoms with Gasteiger partial charge in [0.05, 0.1) is 11.1 Å². The summed E-state index contributed by atoms with van der Waals surface area (Å²) in [5.74, 6) is -0.337. The van der Waals surface area contributed by atoms with Gasteiger partial charge in [-0.3, -0.25) is 0 Å². The predicted molar refractivity (Wildman–Crippen MR) is 89.6 cm³/mol. The van der Waals surface area contributed by atoms with Crippen molar-refractivity contribution in [2.24, 2.45) is 0 Å². The van der Waals surface area contributed by atoms with Crippen molar-refractivity contribution in [3.63, 3.8) is 0 Å². The number of fused-ring (bicyclic) bond motifs is 1. The van der Waals surface area contributed by atoms with E-state index in [0.29, 0.717) is 17.0 Å². The molecule has 2 N–H and O–H groups in total. The minimum Gasteiger partial charge on any atom is -0.391 e. The van der Waals surface area contributed by atoms with Gasteiger partial charge in [0.15, 0.2) is 0 Å². The molecule has 2 nitrogen and oxygen atoms in total. The zero-order valence-corrected chi connectivity index (χ0v) is 12.9. The van der Waals surface area contributed by atoms with Crippen molar-refractivity contribution in [1.82, 2.24) is 0 Å². The van der Waals surface area contributed by atoms with Crippen LogP contribution in [0.2, 0.25) is 5.02 Å². The van der Waals surface area contributed by atoms with Crippen LogP contribution in [0.15, 0.2) is 36.4 Å². The monoisotopic (exact) mass is 317 g/mol. The Morgan fingerprint density at radius 1 is 1.27 bits per heavy atom. The summed E-state index contributed by atoms with van der Waals surface area (Å²) in [4.78, 5) is 0. The fourth-order valence-corrected chi connectivity index (χ4v) is 2.83. The summed E-state index contributed by atoms with van der Waals surface area (Å²) in [6.07, 6.45) is 3.79. The van der Waals surface area contributed by atoms with Crippen LogP contribution in [0, 0.1) is 5.82 Å². The Labute approximate surface area is 134 Å². The van der Waals surface area contributed by atoms with Crippen LogP contribution in [0.1, 0.15) is 23.6 Å². The smallest absolute Gasteiger partial charge is 0.131 e. The number of hydrogen-bond acceptors (Lipinski definition) is 2. The fraction of sp³-hybridized carbons (Fsp3) is 0.222. The van der Waals surface area contributed by atoms with Crippen molar-refractivity contribution in [3.05, 3.63) is 63.9 Å².